The van der Waals surface area contributed by atoms with Crippen LogP contribution in [0.4, 0.5) is 24.3 Å². The molecule has 158 valence electrons. The molecule has 0 saturated carbocycles. The maximum absolute atomic E-state index is 13.6. The molecule has 2 aromatic heterocycles. The van der Waals surface area contributed by atoms with Crippen molar-refractivity contribution in [3.63, 3.8) is 0 Å². The molecule has 0 radical (unpaired) electrons. The lowest BCUT2D eigenvalue weighted by Crippen LogP contribution is -2.21. The van der Waals surface area contributed by atoms with Gasteiger partial charge in [-0.25, -0.2) is 15.0 Å². The number of rotatable bonds is 6. The van der Waals surface area contributed by atoms with Crippen LogP contribution in [0.15, 0.2) is 67.3 Å². The molecule has 0 saturated heterocycles. The van der Waals surface area contributed by atoms with Gasteiger partial charge in [0.05, 0.1) is 23.0 Å². The summed E-state index contributed by atoms with van der Waals surface area (Å²) in [7, 11) is 1.52. The maximum Gasteiger partial charge on any atom is 0.433 e. The number of benzene rings is 2. The van der Waals surface area contributed by atoms with Gasteiger partial charge in [-0.1, -0.05) is 29.5 Å². The summed E-state index contributed by atoms with van der Waals surface area (Å²) in [6, 6.07) is 15.1. The number of para-hydroxylation sites is 1. The first-order valence-electron chi connectivity index (χ1n) is 9.24. The Morgan fingerprint density at radius 3 is 2.45 bits per heavy atom. The van der Waals surface area contributed by atoms with Crippen molar-refractivity contribution in [1.29, 1.82) is 0 Å². The molecule has 0 aliphatic heterocycles. The fourth-order valence-electron chi connectivity index (χ4n) is 2.96. The van der Waals surface area contributed by atoms with Crippen molar-refractivity contribution < 1.29 is 17.9 Å². The van der Waals surface area contributed by atoms with Crippen LogP contribution in [0.1, 0.15) is 5.69 Å². The van der Waals surface area contributed by atoms with E-state index in [1.807, 2.05) is 24.3 Å². The number of halogens is 3. The minimum Gasteiger partial charge on any atom is -0.497 e. The quantitative estimate of drug-likeness (QED) is 0.338. The third-order valence-electron chi connectivity index (χ3n) is 4.46. The van der Waals surface area contributed by atoms with Crippen LogP contribution in [-0.4, -0.2) is 28.6 Å². The average Bonchev–Trinajstić information content (AvgIpc) is 3.20. The number of methoxy groups -OCH3 is 1. The number of hydrogen-bond acceptors (Lipinski definition) is 6. The number of aromatic nitrogens is 3. The van der Waals surface area contributed by atoms with E-state index >= 15 is 0 Å². The van der Waals surface area contributed by atoms with Gasteiger partial charge < -0.3 is 4.74 Å². The molecule has 0 amide bonds. The second-order valence-electron chi connectivity index (χ2n) is 6.53. The van der Waals surface area contributed by atoms with E-state index in [-0.39, 0.29) is 18.2 Å². The van der Waals surface area contributed by atoms with E-state index in [4.69, 9.17) is 4.74 Å². The number of thiazole rings is 1. The van der Waals surface area contributed by atoms with Gasteiger partial charge in [-0.15, -0.1) is 6.58 Å². The van der Waals surface area contributed by atoms with Gasteiger partial charge in [-0.2, -0.15) is 13.2 Å². The molecule has 2 heterocycles. The van der Waals surface area contributed by atoms with E-state index in [9.17, 15) is 13.2 Å². The summed E-state index contributed by atoms with van der Waals surface area (Å²) in [4.78, 5) is 14.3. The van der Waals surface area contributed by atoms with Gasteiger partial charge in [0.15, 0.2) is 10.8 Å². The lowest BCUT2D eigenvalue weighted by atomic mass is 10.1. The number of hydrogen-bond donors (Lipinski definition) is 0. The Labute approximate surface area is 180 Å². The van der Waals surface area contributed by atoms with Crippen LogP contribution in [0.25, 0.3) is 21.5 Å². The topological polar surface area (TPSA) is 51.1 Å². The summed E-state index contributed by atoms with van der Waals surface area (Å²) < 4.78 is 47.0. The van der Waals surface area contributed by atoms with Gasteiger partial charge in [-0.05, 0) is 42.5 Å². The highest BCUT2D eigenvalue weighted by molar-refractivity contribution is 7.22. The van der Waals surface area contributed by atoms with Crippen LogP contribution >= 0.6 is 11.3 Å². The highest BCUT2D eigenvalue weighted by Crippen LogP contribution is 2.36. The fraction of sp³-hybridized carbons (Fsp3) is 0.136. The molecule has 0 N–H and O–H groups in total. The fourth-order valence-corrected chi connectivity index (χ4v) is 3.93. The van der Waals surface area contributed by atoms with Gasteiger partial charge in [0.1, 0.15) is 5.75 Å². The molecular formula is C22H17F3N4OS. The first-order chi connectivity index (χ1) is 14.9. The molecule has 0 spiro atoms. The molecule has 0 aliphatic rings. The molecule has 0 unspecified atom stereocenters. The minimum atomic E-state index is -4.63. The predicted molar refractivity (Wildman–Crippen MR) is 116 cm³/mol. The van der Waals surface area contributed by atoms with Crippen LogP contribution in [0.5, 0.6) is 5.75 Å². The average molecular weight is 442 g/mol. The highest BCUT2D eigenvalue weighted by atomic mass is 32.1. The van der Waals surface area contributed by atoms with Crippen LogP contribution < -0.4 is 9.64 Å². The van der Waals surface area contributed by atoms with E-state index in [2.05, 4.69) is 21.5 Å². The number of fused-ring (bicyclic) bond motifs is 1. The predicted octanol–water partition coefficient (Wildman–Crippen LogP) is 6.10. The molecule has 0 fully saturated rings. The lowest BCUT2D eigenvalue weighted by Gasteiger charge is -2.20. The second kappa shape index (κ2) is 8.35. The van der Waals surface area contributed by atoms with Gasteiger partial charge >= 0.3 is 6.18 Å². The van der Waals surface area contributed by atoms with Crippen molar-refractivity contribution in [1.82, 2.24) is 15.0 Å². The highest BCUT2D eigenvalue weighted by Gasteiger charge is 2.34. The van der Waals surface area contributed by atoms with E-state index in [0.29, 0.717) is 16.4 Å². The largest absolute Gasteiger partial charge is 0.497 e. The molecule has 0 bridgehead atoms. The van der Waals surface area contributed by atoms with Crippen molar-refractivity contribution in [2.24, 2.45) is 0 Å². The lowest BCUT2D eigenvalue weighted by molar-refractivity contribution is -0.141. The van der Waals surface area contributed by atoms with Crippen molar-refractivity contribution in [3.05, 3.63) is 72.9 Å². The Morgan fingerprint density at radius 2 is 1.81 bits per heavy atom. The van der Waals surface area contributed by atoms with E-state index in [0.717, 1.165) is 16.3 Å². The van der Waals surface area contributed by atoms with E-state index < -0.39 is 11.9 Å². The van der Waals surface area contributed by atoms with Gasteiger partial charge in [0.2, 0.25) is 5.95 Å². The summed E-state index contributed by atoms with van der Waals surface area (Å²) in [5.41, 5.74) is 0.380. The third kappa shape index (κ3) is 4.36. The molecular weight excluding hydrogens is 425 g/mol. The van der Waals surface area contributed by atoms with Gasteiger partial charge in [-0.3, -0.25) is 4.90 Å². The molecule has 4 aromatic rings. The van der Waals surface area contributed by atoms with Crippen LogP contribution in [0.2, 0.25) is 0 Å². The Balaban J connectivity index is 1.86. The first-order valence-corrected chi connectivity index (χ1v) is 10.1. The molecule has 4 rings (SSSR count). The normalized spacial score (nSPS) is 11.5. The number of ether oxygens (including phenoxy) is 1. The standard InChI is InChI=1S/C22H17F3N4OS/c1-3-12-29(21-27-16-6-4-5-7-18(16)31-21)20-26-17(13-19(28-20)22(23,24)25)14-8-10-15(30-2)11-9-14/h3-11,13H,1,12H2,2H3. The monoisotopic (exact) mass is 442 g/mol. The zero-order valence-corrected chi connectivity index (χ0v) is 17.2. The molecule has 9 heteroatoms. The summed E-state index contributed by atoms with van der Waals surface area (Å²) in [6.07, 6.45) is -3.06. The van der Waals surface area contributed by atoms with Crippen molar-refractivity contribution in [2.75, 3.05) is 18.6 Å². The van der Waals surface area contributed by atoms with Crippen molar-refractivity contribution in [2.45, 2.75) is 6.18 Å². The molecule has 0 aliphatic carbocycles. The van der Waals surface area contributed by atoms with Crippen LogP contribution in [-0.2, 0) is 6.18 Å². The SMILES string of the molecule is C=CCN(c1nc(-c2ccc(OC)cc2)cc(C(F)(F)F)n1)c1nc2ccccc2s1. The Morgan fingerprint density at radius 1 is 1.06 bits per heavy atom. The minimum absolute atomic E-state index is 0.0976. The Bertz CT molecular complexity index is 1190. The van der Waals surface area contributed by atoms with Crippen molar-refractivity contribution >= 4 is 32.6 Å². The molecule has 5 nitrogen and oxygen atoms in total. The Kier molecular flexibility index (Phi) is 5.60. The van der Waals surface area contributed by atoms with Crippen molar-refractivity contribution in [3.8, 4) is 17.0 Å². The smallest absolute Gasteiger partial charge is 0.433 e. The number of anilines is 2. The zero-order chi connectivity index (χ0) is 22.0. The van der Waals surface area contributed by atoms with Gasteiger partial charge in [0, 0.05) is 12.1 Å². The van der Waals surface area contributed by atoms with E-state index in [1.165, 1.54) is 23.3 Å². The number of alkyl halides is 3. The maximum atomic E-state index is 13.6. The first kappa shape index (κ1) is 20.8. The van der Waals surface area contributed by atoms with Crippen LogP contribution in [0, 0.1) is 0 Å². The number of nitrogens with zero attached hydrogens (tertiary/aromatic N) is 4. The summed E-state index contributed by atoms with van der Waals surface area (Å²) in [5.74, 6) is 0.497. The molecule has 0 atom stereocenters. The third-order valence-corrected chi connectivity index (χ3v) is 5.52. The zero-order valence-electron chi connectivity index (χ0n) is 16.4. The summed E-state index contributed by atoms with van der Waals surface area (Å²) >= 11 is 1.35. The van der Waals surface area contributed by atoms with Gasteiger partial charge in [0.25, 0.3) is 0 Å². The molecule has 31 heavy (non-hydrogen) atoms. The summed E-state index contributed by atoms with van der Waals surface area (Å²) in [5, 5.41) is 0.487. The van der Waals surface area contributed by atoms with E-state index in [1.54, 1.807) is 30.3 Å². The molecule has 2 aromatic carbocycles. The summed E-state index contributed by atoms with van der Waals surface area (Å²) in [6.45, 7) is 3.92. The van der Waals surface area contributed by atoms with Crippen LogP contribution in [0.3, 0.4) is 0 Å². The second-order valence-corrected chi connectivity index (χ2v) is 7.54. The Hall–Kier alpha value is -3.46.